The minimum absolute atomic E-state index is 0.293. The molecule has 2 aromatic carbocycles. The summed E-state index contributed by atoms with van der Waals surface area (Å²) in [5.74, 6) is 1.54. The molecule has 4 aromatic rings. The molecule has 0 radical (unpaired) electrons. The molecule has 0 bridgehead atoms. The lowest BCUT2D eigenvalue weighted by molar-refractivity contribution is 0.386. The van der Waals surface area contributed by atoms with Crippen LogP contribution in [-0.4, -0.2) is 21.7 Å². The first-order valence-corrected chi connectivity index (χ1v) is 9.17. The highest BCUT2D eigenvalue weighted by Crippen LogP contribution is 2.41. The number of aromatic nitrogens is 3. The summed E-state index contributed by atoms with van der Waals surface area (Å²) in [5, 5.41) is 4.20. The van der Waals surface area contributed by atoms with Crippen molar-refractivity contribution in [3.8, 4) is 11.3 Å². The van der Waals surface area contributed by atoms with E-state index in [1.54, 1.807) is 6.33 Å². The Bertz CT molecular complexity index is 1090. The summed E-state index contributed by atoms with van der Waals surface area (Å²) in [6.07, 6.45) is 4.07. The van der Waals surface area contributed by atoms with Crippen molar-refractivity contribution in [2.24, 2.45) is 11.5 Å². The third-order valence-electron chi connectivity index (χ3n) is 5.46. The molecule has 0 aliphatic heterocycles. The second-order valence-electron chi connectivity index (χ2n) is 7.28. The number of rotatable bonds is 5. The van der Waals surface area contributed by atoms with E-state index in [1.165, 1.54) is 12.8 Å². The monoisotopic (exact) mass is 359 g/mol. The molecular weight excluding hydrogens is 338 g/mol. The third-order valence-corrected chi connectivity index (χ3v) is 5.46. The number of nitrogens with zero attached hydrogens (tertiary/aromatic N) is 2. The second-order valence-corrected chi connectivity index (χ2v) is 7.28. The first-order valence-electron chi connectivity index (χ1n) is 9.17. The number of nitrogens with two attached hydrogens (primary N) is 2. The number of nitrogens with one attached hydrogen (secondary N) is 1. The van der Waals surface area contributed by atoms with Crippen LogP contribution in [0.1, 0.15) is 35.6 Å². The van der Waals surface area contributed by atoms with Crippen molar-refractivity contribution >= 4 is 11.0 Å². The number of aromatic amines is 1. The molecule has 1 aliphatic carbocycles. The zero-order valence-electron chi connectivity index (χ0n) is 14.9. The van der Waals surface area contributed by atoms with Crippen LogP contribution in [0.5, 0.6) is 0 Å². The molecule has 0 spiro atoms. The van der Waals surface area contributed by atoms with Gasteiger partial charge in [0.2, 0.25) is 0 Å². The summed E-state index contributed by atoms with van der Waals surface area (Å²) < 4.78 is 5.46. The van der Waals surface area contributed by atoms with Crippen LogP contribution in [0.15, 0.2) is 59.4 Å². The first-order chi connectivity index (χ1) is 13.2. The van der Waals surface area contributed by atoms with Gasteiger partial charge in [0.05, 0.1) is 22.9 Å². The van der Waals surface area contributed by atoms with Crippen LogP contribution in [0.25, 0.3) is 22.3 Å². The van der Waals surface area contributed by atoms with E-state index in [0.29, 0.717) is 12.5 Å². The van der Waals surface area contributed by atoms with E-state index in [2.05, 4.69) is 15.1 Å². The van der Waals surface area contributed by atoms with Crippen molar-refractivity contribution in [3.05, 3.63) is 71.7 Å². The van der Waals surface area contributed by atoms with Gasteiger partial charge in [-0.05, 0) is 36.1 Å². The minimum Gasteiger partial charge on any atom is -0.360 e. The Balaban J connectivity index is 1.49. The van der Waals surface area contributed by atoms with E-state index in [1.807, 2.05) is 48.5 Å². The summed E-state index contributed by atoms with van der Waals surface area (Å²) in [6.45, 7) is 0.293. The molecule has 0 saturated heterocycles. The summed E-state index contributed by atoms with van der Waals surface area (Å²) in [6, 6.07) is 16.1. The molecule has 1 fully saturated rings. The van der Waals surface area contributed by atoms with E-state index in [-0.39, 0.29) is 0 Å². The van der Waals surface area contributed by atoms with E-state index in [9.17, 15) is 0 Å². The van der Waals surface area contributed by atoms with Gasteiger partial charge in [0.15, 0.2) is 0 Å². The predicted octanol–water partition coefficient (Wildman–Crippen LogP) is 3.26. The van der Waals surface area contributed by atoms with E-state index in [0.717, 1.165) is 39.2 Å². The van der Waals surface area contributed by atoms with Crippen molar-refractivity contribution in [2.75, 3.05) is 6.54 Å². The average molecular weight is 359 g/mol. The van der Waals surface area contributed by atoms with Gasteiger partial charge in [-0.1, -0.05) is 35.5 Å². The van der Waals surface area contributed by atoms with Crippen molar-refractivity contribution in [2.45, 2.75) is 24.3 Å². The Morgan fingerprint density at radius 1 is 1.07 bits per heavy atom. The topological polar surface area (TPSA) is 107 Å². The lowest BCUT2D eigenvalue weighted by Crippen LogP contribution is -2.45. The smallest absolute Gasteiger partial charge is 0.140 e. The van der Waals surface area contributed by atoms with E-state index in [4.69, 9.17) is 16.0 Å². The molecule has 2 aromatic heterocycles. The van der Waals surface area contributed by atoms with Gasteiger partial charge >= 0.3 is 0 Å². The van der Waals surface area contributed by atoms with Crippen molar-refractivity contribution in [1.29, 1.82) is 0 Å². The van der Waals surface area contributed by atoms with Crippen molar-refractivity contribution in [3.63, 3.8) is 0 Å². The van der Waals surface area contributed by atoms with Crippen LogP contribution in [0.3, 0.4) is 0 Å². The quantitative estimate of drug-likeness (QED) is 0.507. The number of imidazole rings is 1. The van der Waals surface area contributed by atoms with Crippen molar-refractivity contribution < 1.29 is 4.52 Å². The fourth-order valence-corrected chi connectivity index (χ4v) is 3.54. The molecule has 5 N–H and O–H groups in total. The van der Waals surface area contributed by atoms with Gasteiger partial charge in [0, 0.05) is 24.1 Å². The minimum atomic E-state index is -0.777. The molecule has 6 heteroatoms. The Labute approximate surface area is 156 Å². The maximum Gasteiger partial charge on any atom is 0.140 e. The number of H-pyrrole nitrogens is 1. The fourth-order valence-electron chi connectivity index (χ4n) is 3.54. The zero-order chi connectivity index (χ0) is 18.4. The normalized spacial score (nSPS) is 16.5. The number of benzene rings is 2. The standard InChI is InChI=1S/C21H21N5O/c22-11-21(23,16-7-8-17-19(9-16)25-12-24-17)15-5-3-13(4-6-15)18-10-20(27-26-18)14-1-2-14/h3-10,12,14H,1-2,11,22-23H2,(H,24,25). The Morgan fingerprint density at radius 3 is 2.59 bits per heavy atom. The van der Waals surface area contributed by atoms with Crippen LogP contribution in [-0.2, 0) is 5.54 Å². The third kappa shape index (κ3) is 2.74. The molecule has 1 unspecified atom stereocenters. The van der Waals surface area contributed by atoms with E-state index < -0.39 is 5.54 Å². The van der Waals surface area contributed by atoms with Crippen LogP contribution in [0.2, 0.25) is 0 Å². The maximum atomic E-state index is 6.75. The Morgan fingerprint density at radius 2 is 1.85 bits per heavy atom. The van der Waals surface area contributed by atoms with Gasteiger partial charge in [-0.2, -0.15) is 0 Å². The average Bonchev–Trinajstić information content (AvgIpc) is 3.26. The highest BCUT2D eigenvalue weighted by molar-refractivity contribution is 5.75. The molecule has 2 heterocycles. The molecule has 0 amide bonds. The molecule has 136 valence electrons. The lowest BCUT2D eigenvalue weighted by atomic mass is 9.83. The lowest BCUT2D eigenvalue weighted by Gasteiger charge is -2.29. The zero-order valence-corrected chi connectivity index (χ0v) is 14.9. The van der Waals surface area contributed by atoms with Gasteiger partial charge in [-0.3, -0.25) is 0 Å². The highest BCUT2D eigenvalue weighted by atomic mass is 16.5. The molecule has 27 heavy (non-hydrogen) atoms. The predicted molar refractivity (Wildman–Crippen MR) is 104 cm³/mol. The van der Waals surface area contributed by atoms with Gasteiger partial charge in [0.25, 0.3) is 0 Å². The molecular formula is C21H21N5O. The largest absolute Gasteiger partial charge is 0.360 e. The molecule has 1 aliphatic rings. The van der Waals surface area contributed by atoms with Gasteiger partial charge in [-0.25, -0.2) is 4.98 Å². The first kappa shape index (κ1) is 16.2. The fraction of sp³-hybridized carbons (Fsp3) is 0.238. The highest BCUT2D eigenvalue weighted by Gasteiger charge is 2.30. The summed E-state index contributed by atoms with van der Waals surface area (Å²) in [7, 11) is 0. The molecule has 6 nitrogen and oxygen atoms in total. The molecule has 1 atom stereocenters. The van der Waals surface area contributed by atoms with Crippen molar-refractivity contribution in [1.82, 2.24) is 15.1 Å². The van der Waals surface area contributed by atoms with Crippen LogP contribution in [0, 0.1) is 0 Å². The Hall–Kier alpha value is -2.96. The number of hydrogen-bond acceptors (Lipinski definition) is 5. The van der Waals surface area contributed by atoms with Gasteiger partial charge in [-0.15, -0.1) is 0 Å². The number of hydrogen-bond donors (Lipinski definition) is 3. The van der Waals surface area contributed by atoms with Crippen LogP contribution >= 0.6 is 0 Å². The van der Waals surface area contributed by atoms with Crippen LogP contribution in [0.4, 0.5) is 0 Å². The van der Waals surface area contributed by atoms with Gasteiger partial charge in [0.1, 0.15) is 11.5 Å². The molecule has 1 saturated carbocycles. The summed E-state index contributed by atoms with van der Waals surface area (Å²) in [4.78, 5) is 7.39. The van der Waals surface area contributed by atoms with E-state index >= 15 is 0 Å². The summed E-state index contributed by atoms with van der Waals surface area (Å²) >= 11 is 0. The van der Waals surface area contributed by atoms with Gasteiger partial charge < -0.3 is 21.0 Å². The maximum absolute atomic E-state index is 6.75. The SMILES string of the molecule is NCC(N)(c1ccc(-c2cc(C3CC3)on2)cc1)c1ccc2nc[nH]c2c1. The molecule has 5 rings (SSSR count). The second kappa shape index (κ2) is 6.04. The Kier molecular flexibility index (Phi) is 3.63. The number of fused-ring (bicyclic) bond motifs is 1. The van der Waals surface area contributed by atoms with Crippen LogP contribution < -0.4 is 11.5 Å². The summed E-state index contributed by atoms with van der Waals surface area (Å²) in [5.41, 5.74) is 17.7.